The summed E-state index contributed by atoms with van der Waals surface area (Å²) in [7, 11) is 0. The molecule has 0 heterocycles. The highest BCUT2D eigenvalue weighted by molar-refractivity contribution is 5.74. The summed E-state index contributed by atoms with van der Waals surface area (Å²) in [6.07, 6.45) is 18.8. The van der Waals surface area contributed by atoms with Crippen molar-refractivity contribution >= 4 is 5.57 Å². The fraction of sp³-hybridized carbons (Fsp3) is 0.167. The van der Waals surface area contributed by atoms with Crippen molar-refractivity contribution in [3.8, 4) is 12.3 Å². The monoisotopic (exact) mass is 233 g/mol. The van der Waals surface area contributed by atoms with Gasteiger partial charge in [0.2, 0.25) is 0 Å². The van der Waals surface area contributed by atoms with E-state index in [0.29, 0.717) is 0 Å². The lowest BCUT2D eigenvalue weighted by molar-refractivity contribution is 0.895. The lowest BCUT2D eigenvalue weighted by Crippen LogP contribution is -1.93. The van der Waals surface area contributed by atoms with E-state index < -0.39 is 0 Å². The van der Waals surface area contributed by atoms with Crippen LogP contribution in [0.1, 0.15) is 24.8 Å². The van der Waals surface area contributed by atoms with Crippen LogP contribution in [0.3, 0.4) is 0 Å². The molecule has 18 heavy (non-hydrogen) atoms. The van der Waals surface area contributed by atoms with Crippen molar-refractivity contribution in [1.82, 2.24) is 0 Å². The van der Waals surface area contributed by atoms with Gasteiger partial charge in [0.1, 0.15) is 0 Å². The largest absolute Gasteiger partial charge is 0.120 e. The Labute approximate surface area is 110 Å². The molecule has 0 heteroatoms. The van der Waals surface area contributed by atoms with Crippen molar-refractivity contribution < 1.29 is 0 Å². The standard InChI is InChI=1S/C18H17/c1-2-3-6-15-18(16-11-7-4-8-12-16)17-13-9-5-10-14-17/h1,4-5,7-14H,3,6,15H2/q+1. The molecule has 0 fully saturated rings. The quantitative estimate of drug-likeness (QED) is 0.406. The lowest BCUT2D eigenvalue weighted by Gasteiger charge is -2.07. The highest BCUT2D eigenvalue weighted by atomic mass is 14.1. The second kappa shape index (κ2) is 6.57. The molecule has 0 atom stereocenters. The van der Waals surface area contributed by atoms with E-state index in [1.165, 1.54) is 16.7 Å². The second-order valence-corrected chi connectivity index (χ2v) is 4.27. The molecule has 0 amide bonds. The van der Waals surface area contributed by atoms with E-state index in [4.69, 9.17) is 6.42 Å². The number of terminal acetylenes is 1. The van der Waals surface area contributed by atoms with Gasteiger partial charge in [0, 0.05) is 54.7 Å². The van der Waals surface area contributed by atoms with Crippen molar-refractivity contribution in [3.63, 3.8) is 0 Å². The van der Waals surface area contributed by atoms with Gasteiger partial charge in [-0.05, 0) is 18.6 Å². The molecule has 0 bridgehead atoms. The maximum absolute atomic E-state index is 5.33. The third-order valence-electron chi connectivity index (χ3n) is 2.99. The number of unbranched alkanes of at least 4 members (excludes halogenated alkanes) is 1. The topological polar surface area (TPSA) is 0 Å². The van der Waals surface area contributed by atoms with Gasteiger partial charge in [-0.3, -0.25) is 0 Å². The molecule has 1 aliphatic carbocycles. The van der Waals surface area contributed by atoms with E-state index in [0.717, 1.165) is 19.3 Å². The summed E-state index contributed by atoms with van der Waals surface area (Å²) in [4.78, 5) is 0. The molecule has 0 unspecified atom stereocenters. The first kappa shape index (κ1) is 12.3. The molecule has 0 N–H and O–H groups in total. The summed E-state index contributed by atoms with van der Waals surface area (Å²) in [6.45, 7) is 0. The molecule has 0 saturated heterocycles. The molecule has 2 rings (SSSR count). The van der Waals surface area contributed by atoms with Gasteiger partial charge in [0.05, 0.1) is 5.57 Å². The van der Waals surface area contributed by atoms with Gasteiger partial charge in [0.15, 0.2) is 0 Å². The zero-order valence-corrected chi connectivity index (χ0v) is 10.5. The minimum absolute atomic E-state index is 0.836. The van der Waals surface area contributed by atoms with E-state index in [1.807, 2.05) is 12.1 Å². The number of hydrogen-bond donors (Lipinski definition) is 0. The van der Waals surface area contributed by atoms with Gasteiger partial charge in [-0.2, -0.15) is 0 Å². The van der Waals surface area contributed by atoms with Crippen LogP contribution in [0.25, 0.3) is 5.57 Å². The highest BCUT2D eigenvalue weighted by Gasteiger charge is 2.14. The van der Waals surface area contributed by atoms with E-state index in [-0.39, 0.29) is 0 Å². The van der Waals surface area contributed by atoms with Gasteiger partial charge >= 0.3 is 0 Å². The van der Waals surface area contributed by atoms with Gasteiger partial charge in [-0.15, -0.1) is 12.3 Å². The van der Waals surface area contributed by atoms with Crippen molar-refractivity contribution in [3.05, 3.63) is 72.2 Å². The predicted molar refractivity (Wildman–Crippen MR) is 78.6 cm³/mol. The van der Waals surface area contributed by atoms with Crippen LogP contribution in [0.15, 0.2) is 60.2 Å². The maximum atomic E-state index is 5.33. The minimum atomic E-state index is 0.836. The molecule has 0 nitrogen and oxygen atoms in total. The summed E-state index contributed by atoms with van der Waals surface area (Å²) >= 11 is 0. The Balaban J connectivity index is 2.26. The Hall–Kier alpha value is -2.13. The lowest BCUT2D eigenvalue weighted by atomic mass is 9.92. The van der Waals surface area contributed by atoms with Gasteiger partial charge in [-0.1, -0.05) is 18.2 Å². The van der Waals surface area contributed by atoms with Crippen LogP contribution in [0.2, 0.25) is 0 Å². The Morgan fingerprint density at radius 1 is 1.17 bits per heavy atom. The van der Waals surface area contributed by atoms with E-state index in [1.54, 1.807) is 0 Å². The first-order valence-electron chi connectivity index (χ1n) is 6.32. The summed E-state index contributed by atoms with van der Waals surface area (Å²) in [5, 5.41) is 0. The fourth-order valence-corrected chi connectivity index (χ4v) is 2.10. The Kier molecular flexibility index (Phi) is 4.50. The van der Waals surface area contributed by atoms with Crippen molar-refractivity contribution in [1.29, 1.82) is 0 Å². The van der Waals surface area contributed by atoms with Gasteiger partial charge in [0.25, 0.3) is 0 Å². The summed E-state index contributed by atoms with van der Waals surface area (Å²) < 4.78 is 0. The molecule has 0 spiro atoms. The zero-order chi connectivity index (χ0) is 12.6. The van der Waals surface area contributed by atoms with Crippen molar-refractivity contribution in [2.45, 2.75) is 19.3 Å². The van der Waals surface area contributed by atoms with Gasteiger partial charge < -0.3 is 0 Å². The number of allylic oxidation sites excluding steroid dienone is 6. The predicted octanol–water partition coefficient (Wildman–Crippen LogP) is 4.57. The second-order valence-electron chi connectivity index (χ2n) is 4.27. The Morgan fingerprint density at radius 2 is 2.00 bits per heavy atom. The zero-order valence-electron chi connectivity index (χ0n) is 10.5. The molecule has 1 aromatic carbocycles. The summed E-state index contributed by atoms with van der Waals surface area (Å²) in [5.74, 6) is 2.71. The van der Waals surface area contributed by atoms with Crippen LogP contribution in [-0.2, 0) is 0 Å². The normalized spacial score (nSPS) is 15.9. The minimum Gasteiger partial charge on any atom is -0.120 e. The molecule has 0 radical (unpaired) electrons. The Morgan fingerprint density at radius 3 is 2.67 bits per heavy atom. The molecular formula is C18H17+. The van der Waals surface area contributed by atoms with E-state index >= 15 is 0 Å². The van der Waals surface area contributed by atoms with Crippen LogP contribution in [-0.4, -0.2) is 0 Å². The van der Waals surface area contributed by atoms with E-state index in [9.17, 15) is 0 Å². The third-order valence-corrected chi connectivity index (χ3v) is 2.99. The molecule has 1 aromatic rings. The van der Waals surface area contributed by atoms with Crippen LogP contribution in [0, 0.1) is 18.8 Å². The molecule has 0 aromatic heterocycles. The maximum Gasteiger partial charge on any atom is 0.0997 e. The summed E-state index contributed by atoms with van der Waals surface area (Å²) in [6, 6.07) is 10.5. The Bertz CT molecular complexity index is 507. The van der Waals surface area contributed by atoms with Gasteiger partial charge in [-0.25, -0.2) is 0 Å². The molecule has 1 aliphatic rings. The SMILES string of the molecule is C#CCCC/C(=C1\C=CC=C[CH+]1)c1ccccc1. The van der Waals surface area contributed by atoms with Crippen LogP contribution < -0.4 is 0 Å². The molecular weight excluding hydrogens is 216 g/mol. The molecule has 0 saturated carbocycles. The first-order chi connectivity index (χ1) is 8.92. The highest BCUT2D eigenvalue weighted by Crippen LogP contribution is 2.28. The fourth-order valence-electron chi connectivity index (χ4n) is 2.10. The average Bonchev–Trinajstić information content (AvgIpc) is 2.46. The number of hydrogen-bond acceptors (Lipinski definition) is 0. The van der Waals surface area contributed by atoms with Crippen LogP contribution >= 0.6 is 0 Å². The van der Waals surface area contributed by atoms with Crippen molar-refractivity contribution in [2.24, 2.45) is 0 Å². The van der Waals surface area contributed by atoms with E-state index in [2.05, 4.69) is 54.8 Å². The smallest absolute Gasteiger partial charge is 0.0997 e. The third kappa shape index (κ3) is 3.18. The first-order valence-corrected chi connectivity index (χ1v) is 6.32. The van der Waals surface area contributed by atoms with Crippen LogP contribution in [0.4, 0.5) is 0 Å². The number of benzene rings is 1. The molecule has 0 aliphatic heterocycles. The number of rotatable bonds is 4. The van der Waals surface area contributed by atoms with Crippen LogP contribution in [0.5, 0.6) is 0 Å². The average molecular weight is 233 g/mol. The molecule has 88 valence electrons. The summed E-state index contributed by atoms with van der Waals surface area (Å²) in [5.41, 5.74) is 3.97. The van der Waals surface area contributed by atoms with Crippen molar-refractivity contribution in [2.75, 3.05) is 0 Å².